The molecular formula is C11H17NO3. The van der Waals surface area contributed by atoms with Crippen LogP contribution in [0.1, 0.15) is 24.5 Å². The molecule has 4 heteroatoms. The van der Waals surface area contributed by atoms with Crippen molar-refractivity contribution in [2.24, 2.45) is 0 Å². The second-order valence-electron chi connectivity index (χ2n) is 3.31. The molecule has 1 aromatic heterocycles. The highest BCUT2D eigenvalue weighted by molar-refractivity contribution is 5.24. The highest BCUT2D eigenvalue weighted by Gasteiger charge is 2.08. The molecule has 1 unspecified atom stereocenters. The average Bonchev–Trinajstić information content (AvgIpc) is 2.29. The Morgan fingerprint density at radius 2 is 2.20 bits per heavy atom. The van der Waals surface area contributed by atoms with Crippen molar-refractivity contribution in [1.29, 1.82) is 0 Å². The van der Waals surface area contributed by atoms with Gasteiger partial charge in [-0.25, -0.2) is 0 Å². The fourth-order valence-corrected chi connectivity index (χ4v) is 1.32. The van der Waals surface area contributed by atoms with E-state index in [-0.39, 0.29) is 0 Å². The molecule has 0 amide bonds. The van der Waals surface area contributed by atoms with E-state index in [1.165, 1.54) is 0 Å². The fourth-order valence-electron chi connectivity index (χ4n) is 1.32. The first-order valence-electron chi connectivity index (χ1n) is 4.94. The van der Waals surface area contributed by atoms with Gasteiger partial charge in [-0.3, -0.25) is 4.98 Å². The second kappa shape index (κ2) is 6.37. The maximum Gasteiger partial charge on any atom is 0.137 e. The summed E-state index contributed by atoms with van der Waals surface area (Å²) in [5, 5.41) is 9.82. The van der Waals surface area contributed by atoms with Crippen LogP contribution < -0.4 is 4.74 Å². The summed E-state index contributed by atoms with van der Waals surface area (Å²) in [5.41, 5.74) is 0.783. The van der Waals surface area contributed by atoms with Gasteiger partial charge in [0.15, 0.2) is 0 Å². The molecule has 84 valence electrons. The SMILES string of the molecule is COCCCC(O)c1cncc(OC)c1. The fraction of sp³-hybridized carbons (Fsp3) is 0.545. The molecule has 1 heterocycles. The van der Waals surface area contributed by atoms with Gasteiger partial charge >= 0.3 is 0 Å². The van der Waals surface area contributed by atoms with Crippen molar-refractivity contribution >= 4 is 0 Å². The van der Waals surface area contributed by atoms with Gasteiger partial charge in [-0.1, -0.05) is 0 Å². The summed E-state index contributed by atoms with van der Waals surface area (Å²) < 4.78 is 9.95. The Labute approximate surface area is 89.9 Å². The molecule has 15 heavy (non-hydrogen) atoms. The zero-order valence-electron chi connectivity index (χ0n) is 9.14. The van der Waals surface area contributed by atoms with Gasteiger partial charge in [0.2, 0.25) is 0 Å². The highest BCUT2D eigenvalue weighted by Crippen LogP contribution is 2.20. The summed E-state index contributed by atoms with van der Waals surface area (Å²) in [6.45, 7) is 0.661. The first kappa shape index (κ1) is 11.9. The topological polar surface area (TPSA) is 51.6 Å². The lowest BCUT2D eigenvalue weighted by Crippen LogP contribution is -2.01. The Kier molecular flexibility index (Phi) is 5.07. The van der Waals surface area contributed by atoms with Crippen molar-refractivity contribution in [1.82, 2.24) is 4.98 Å². The smallest absolute Gasteiger partial charge is 0.137 e. The summed E-state index contributed by atoms with van der Waals surface area (Å²) >= 11 is 0. The van der Waals surface area contributed by atoms with E-state index >= 15 is 0 Å². The zero-order chi connectivity index (χ0) is 11.1. The predicted molar refractivity (Wildman–Crippen MR) is 56.9 cm³/mol. The number of hydrogen-bond donors (Lipinski definition) is 1. The Bertz CT molecular complexity index is 291. The molecule has 0 saturated heterocycles. The van der Waals surface area contributed by atoms with Gasteiger partial charge in [0.05, 0.1) is 19.4 Å². The number of aliphatic hydroxyl groups is 1. The normalized spacial score (nSPS) is 12.5. The Hall–Kier alpha value is -1.13. The van der Waals surface area contributed by atoms with E-state index in [9.17, 15) is 5.11 Å². The molecule has 1 N–H and O–H groups in total. The van der Waals surface area contributed by atoms with Gasteiger partial charge in [0, 0.05) is 25.5 Å². The largest absolute Gasteiger partial charge is 0.495 e. The number of methoxy groups -OCH3 is 2. The van der Waals surface area contributed by atoms with E-state index in [0.29, 0.717) is 18.8 Å². The highest BCUT2D eigenvalue weighted by atomic mass is 16.5. The monoisotopic (exact) mass is 211 g/mol. The zero-order valence-corrected chi connectivity index (χ0v) is 9.14. The number of rotatable bonds is 6. The maximum absolute atomic E-state index is 9.82. The lowest BCUT2D eigenvalue weighted by molar-refractivity contribution is 0.136. The minimum Gasteiger partial charge on any atom is -0.495 e. The van der Waals surface area contributed by atoms with Crippen molar-refractivity contribution < 1.29 is 14.6 Å². The molecule has 0 aromatic carbocycles. The molecule has 0 aliphatic carbocycles. The number of hydrogen-bond acceptors (Lipinski definition) is 4. The Balaban J connectivity index is 2.52. The van der Waals surface area contributed by atoms with Crippen LogP contribution in [0.3, 0.4) is 0 Å². The second-order valence-corrected chi connectivity index (χ2v) is 3.31. The third kappa shape index (κ3) is 3.85. The van der Waals surface area contributed by atoms with Gasteiger partial charge in [-0.15, -0.1) is 0 Å². The van der Waals surface area contributed by atoms with Crippen molar-refractivity contribution in [3.63, 3.8) is 0 Å². The average molecular weight is 211 g/mol. The summed E-state index contributed by atoms with van der Waals surface area (Å²) in [6.07, 6.45) is 4.27. The van der Waals surface area contributed by atoms with E-state index in [2.05, 4.69) is 4.98 Å². The lowest BCUT2D eigenvalue weighted by Gasteiger charge is -2.10. The molecule has 0 fully saturated rings. The molecule has 4 nitrogen and oxygen atoms in total. The van der Waals surface area contributed by atoms with Crippen molar-refractivity contribution in [3.05, 3.63) is 24.0 Å². The molecule has 1 atom stereocenters. The molecule has 0 aliphatic rings. The summed E-state index contributed by atoms with van der Waals surface area (Å²) in [5.74, 6) is 0.665. The molecule has 0 bridgehead atoms. The number of aromatic nitrogens is 1. The molecule has 1 aromatic rings. The van der Waals surface area contributed by atoms with E-state index in [1.54, 1.807) is 32.7 Å². The van der Waals surface area contributed by atoms with Crippen LogP contribution in [0.25, 0.3) is 0 Å². The van der Waals surface area contributed by atoms with E-state index in [4.69, 9.17) is 9.47 Å². The van der Waals surface area contributed by atoms with Gasteiger partial charge < -0.3 is 14.6 Å². The van der Waals surface area contributed by atoms with Crippen molar-refractivity contribution in [2.45, 2.75) is 18.9 Å². The molecule has 1 rings (SSSR count). The van der Waals surface area contributed by atoms with Crippen LogP contribution in [0.2, 0.25) is 0 Å². The van der Waals surface area contributed by atoms with Crippen LogP contribution in [0, 0.1) is 0 Å². The molecule has 0 saturated carbocycles. The van der Waals surface area contributed by atoms with Crippen LogP contribution in [0.5, 0.6) is 5.75 Å². The van der Waals surface area contributed by atoms with Crippen LogP contribution in [0.4, 0.5) is 0 Å². The van der Waals surface area contributed by atoms with Gasteiger partial charge in [0.1, 0.15) is 5.75 Å². The van der Waals surface area contributed by atoms with Crippen LogP contribution >= 0.6 is 0 Å². The van der Waals surface area contributed by atoms with E-state index in [1.807, 2.05) is 0 Å². The van der Waals surface area contributed by atoms with Crippen molar-refractivity contribution in [3.8, 4) is 5.75 Å². The first-order chi connectivity index (χ1) is 7.27. The molecule has 0 aliphatic heterocycles. The standard InChI is InChI=1S/C11H17NO3/c1-14-5-3-4-11(13)9-6-10(15-2)8-12-7-9/h6-8,11,13H,3-5H2,1-2H3. The molecule has 0 radical (unpaired) electrons. The number of aliphatic hydroxyl groups excluding tert-OH is 1. The molecule has 0 spiro atoms. The van der Waals surface area contributed by atoms with Crippen LogP contribution in [-0.4, -0.2) is 30.9 Å². The summed E-state index contributed by atoms with van der Waals surface area (Å²) in [7, 11) is 3.23. The minimum atomic E-state index is -0.497. The van der Waals surface area contributed by atoms with Crippen LogP contribution in [-0.2, 0) is 4.74 Å². The third-order valence-corrected chi connectivity index (χ3v) is 2.18. The van der Waals surface area contributed by atoms with Gasteiger partial charge in [0.25, 0.3) is 0 Å². The minimum absolute atomic E-state index is 0.497. The van der Waals surface area contributed by atoms with E-state index in [0.717, 1.165) is 12.0 Å². The molecular weight excluding hydrogens is 194 g/mol. The Morgan fingerprint density at radius 3 is 2.87 bits per heavy atom. The third-order valence-electron chi connectivity index (χ3n) is 2.18. The number of ether oxygens (including phenoxy) is 2. The number of pyridine rings is 1. The Morgan fingerprint density at radius 1 is 1.40 bits per heavy atom. The van der Waals surface area contributed by atoms with Crippen LogP contribution in [0.15, 0.2) is 18.5 Å². The maximum atomic E-state index is 9.82. The van der Waals surface area contributed by atoms with Crippen molar-refractivity contribution in [2.75, 3.05) is 20.8 Å². The van der Waals surface area contributed by atoms with Gasteiger partial charge in [-0.05, 0) is 18.9 Å². The lowest BCUT2D eigenvalue weighted by atomic mass is 10.1. The quantitative estimate of drug-likeness (QED) is 0.725. The summed E-state index contributed by atoms with van der Waals surface area (Å²) in [6, 6.07) is 1.80. The summed E-state index contributed by atoms with van der Waals surface area (Å²) in [4.78, 5) is 3.99. The predicted octanol–water partition coefficient (Wildman–Crippen LogP) is 1.55. The number of nitrogens with zero attached hydrogens (tertiary/aromatic N) is 1. The van der Waals surface area contributed by atoms with Gasteiger partial charge in [-0.2, -0.15) is 0 Å². The van der Waals surface area contributed by atoms with E-state index < -0.39 is 6.10 Å². The first-order valence-corrected chi connectivity index (χ1v) is 4.94.